The smallest absolute Gasteiger partial charge is 0.349 e. The van der Waals surface area contributed by atoms with Crippen molar-refractivity contribution in [2.24, 2.45) is 0 Å². The number of carbonyl (C=O) groups excluding carboxylic acids is 1. The van der Waals surface area contributed by atoms with Crippen molar-refractivity contribution in [1.82, 2.24) is 10.2 Å². The minimum absolute atomic E-state index is 0.0994. The number of ether oxygens (including phenoxy) is 1. The maximum Gasteiger partial charge on any atom is 0.349 e. The maximum atomic E-state index is 12.5. The van der Waals surface area contributed by atoms with Crippen LogP contribution in [0.5, 0.6) is 0 Å². The van der Waals surface area contributed by atoms with Crippen LogP contribution in [0.25, 0.3) is 22.8 Å². The van der Waals surface area contributed by atoms with E-state index in [0.717, 1.165) is 16.7 Å². The summed E-state index contributed by atoms with van der Waals surface area (Å²) in [5.74, 6) is 0.499. The fourth-order valence-electron chi connectivity index (χ4n) is 2.43. The van der Waals surface area contributed by atoms with Gasteiger partial charge in [0.2, 0.25) is 0 Å². The summed E-state index contributed by atoms with van der Waals surface area (Å²) in [7, 11) is 0. The number of nitrogens with zero attached hydrogens (tertiary/aromatic N) is 2. The van der Waals surface area contributed by atoms with Crippen LogP contribution in [0, 0.1) is 6.92 Å². The Hall–Kier alpha value is -3.19. The van der Waals surface area contributed by atoms with Crippen molar-refractivity contribution in [1.29, 1.82) is 0 Å². The van der Waals surface area contributed by atoms with Crippen LogP contribution in [0.1, 0.15) is 21.1 Å². The Labute approximate surface area is 153 Å². The molecule has 4 rings (SSSR count). The lowest BCUT2D eigenvalue weighted by atomic mass is 10.1. The minimum atomic E-state index is -0.423. The van der Waals surface area contributed by atoms with Gasteiger partial charge in [0.15, 0.2) is 12.4 Å². The normalized spacial score (nSPS) is 10.8. The highest BCUT2D eigenvalue weighted by Gasteiger charge is 2.18. The predicted octanol–water partition coefficient (Wildman–Crippen LogP) is 4.72. The molecule has 0 fully saturated rings. The van der Waals surface area contributed by atoms with E-state index in [4.69, 9.17) is 13.6 Å². The second-order valence-electron chi connectivity index (χ2n) is 5.58. The lowest BCUT2D eigenvalue weighted by Gasteiger charge is -2.04. The molecule has 0 atom stereocenters. The zero-order chi connectivity index (χ0) is 17.9. The van der Waals surface area contributed by atoms with Crippen molar-refractivity contribution in [2.75, 3.05) is 0 Å². The summed E-state index contributed by atoms with van der Waals surface area (Å²) >= 11 is 1.34. The molecule has 0 saturated carbocycles. The van der Waals surface area contributed by atoms with Crippen molar-refractivity contribution in [3.05, 3.63) is 70.4 Å². The highest BCUT2D eigenvalue weighted by molar-refractivity contribution is 7.12. The van der Waals surface area contributed by atoms with Gasteiger partial charge in [0.05, 0.1) is 6.26 Å². The molecule has 130 valence electrons. The number of hydrogen-bond acceptors (Lipinski definition) is 7. The zero-order valence-corrected chi connectivity index (χ0v) is 14.7. The van der Waals surface area contributed by atoms with E-state index in [1.54, 1.807) is 12.1 Å². The molecule has 1 aromatic carbocycles. The van der Waals surface area contributed by atoms with Gasteiger partial charge in [-0.25, -0.2) is 4.79 Å². The quantitative estimate of drug-likeness (QED) is 0.475. The van der Waals surface area contributed by atoms with Gasteiger partial charge in [-0.05, 0) is 36.1 Å². The summed E-state index contributed by atoms with van der Waals surface area (Å²) in [4.78, 5) is 13.0. The molecule has 6 nitrogen and oxygen atoms in total. The summed E-state index contributed by atoms with van der Waals surface area (Å²) in [6, 6.07) is 13.3. The number of furan rings is 1. The monoisotopic (exact) mass is 366 g/mol. The van der Waals surface area contributed by atoms with Crippen molar-refractivity contribution < 1.29 is 18.4 Å². The summed E-state index contributed by atoms with van der Waals surface area (Å²) in [6.07, 6.45) is 1.52. The van der Waals surface area contributed by atoms with Crippen molar-refractivity contribution in [3.8, 4) is 22.8 Å². The van der Waals surface area contributed by atoms with Crippen LogP contribution < -0.4 is 0 Å². The van der Waals surface area contributed by atoms with E-state index in [2.05, 4.69) is 10.2 Å². The van der Waals surface area contributed by atoms with E-state index >= 15 is 0 Å². The fourth-order valence-corrected chi connectivity index (χ4v) is 3.24. The van der Waals surface area contributed by atoms with Crippen LogP contribution in [0.2, 0.25) is 0 Å². The van der Waals surface area contributed by atoms with Gasteiger partial charge in [-0.15, -0.1) is 21.5 Å². The zero-order valence-electron chi connectivity index (χ0n) is 13.8. The molecule has 0 radical (unpaired) electrons. The van der Waals surface area contributed by atoms with E-state index in [0.29, 0.717) is 10.6 Å². The van der Waals surface area contributed by atoms with E-state index in [9.17, 15) is 4.79 Å². The van der Waals surface area contributed by atoms with E-state index in [1.165, 1.54) is 17.6 Å². The second kappa shape index (κ2) is 6.97. The molecule has 0 unspecified atom stereocenters. The van der Waals surface area contributed by atoms with Gasteiger partial charge in [-0.3, -0.25) is 0 Å². The third kappa shape index (κ3) is 3.29. The lowest BCUT2D eigenvalue weighted by molar-refractivity contribution is 0.0445. The van der Waals surface area contributed by atoms with Gasteiger partial charge < -0.3 is 13.6 Å². The Morgan fingerprint density at radius 3 is 2.77 bits per heavy atom. The van der Waals surface area contributed by atoms with Crippen LogP contribution in [0.15, 0.2) is 62.9 Å². The van der Waals surface area contributed by atoms with Crippen LogP contribution in [0.4, 0.5) is 0 Å². The van der Waals surface area contributed by atoms with Gasteiger partial charge >= 0.3 is 5.97 Å². The Kier molecular flexibility index (Phi) is 4.37. The van der Waals surface area contributed by atoms with Gasteiger partial charge in [0, 0.05) is 5.56 Å². The third-order valence-electron chi connectivity index (χ3n) is 3.74. The molecular weight excluding hydrogens is 352 g/mol. The Balaban J connectivity index is 1.46. The molecule has 0 aliphatic carbocycles. The Morgan fingerprint density at radius 2 is 2.00 bits per heavy atom. The second-order valence-corrected chi connectivity index (χ2v) is 6.50. The standard InChI is InChI=1S/C19H14N2O4S/c1-12-4-6-13(7-5-12)14-8-10-26-17(14)19(22)24-11-16-20-21-18(25-16)15-3-2-9-23-15/h2-10H,11H2,1H3. The summed E-state index contributed by atoms with van der Waals surface area (Å²) in [6.45, 7) is 1.92. The molecule has 0 aliphatic heterocycles. The molecule has 0 amide bonds. The highest BCUT2D eigenvalue weighted by atomic mass is 32.1. The first-order valence-corrected chi connectivity index (χ1v) is 8.76. The largest absolute Gasteiger partial charge is 0.459 e. The first-order valence-electron chi connectivity index (χ1n) is 7.88. The number of aromatic nitrogens is 2. The summed E-state index contributed by atoms with van der Waals surface area (Å²) in [5.41, 5.74) is 2.99. The van der Waals surface area contributed by atoms with Gasteiger partial charge in [-0.2, -0.15) is 0 Å². The van der Waals surface area contributed by atoms with E-state index < -0.39 is 5.97 Å². The first kappa shape index (κ1) is 16.3. The molecule has 0 aliphatic rings. The fraction of sp³-hybridized carbons (Fsp3) is 0.105. The molecule has 7 heteroatoms. The average Bonchev–Trinajstić information content (AvgIpc) is 3.40. The van der Waals surface area contributed by atoms with Gasteiger partial charge in [0.1, 0.15) is 4.88 Å². The molecule has 26 heavy (non-hydrogen) atoms. The topological polar surface area (TPSA) is 78.4 Å². The van der Waals surface area contributed by atoms with Crippen molar-refractivity contribution in [2.45, 2.75) is 13.5 Å². The molecule has 0 bridgehead atoms. The van der Waals surface area contributed by atoms with E-state index in [-0.39, 0.29) is 18.4 Å². The van der Waals surface area contributed by atoms with Crippen molar-refractivity contribution >= 4 is 17.3 Å². The number of esters is 1. The molecule has 0 saturated heterocycles. The van der Waals surface area contributed by atoms with Crippen LogP contribution in [-0.2, 0) is 11.3 Å². The molecule has 0 spiro atoms. The number of carbonyl (C=O) groups is 1. The third-order valence-corrected chi connectivity index (χ3v) is 4.63. The van der Waals surface area contributed by atoms with Gasteiger partial charge in [-0.1, -0.05) is 29.8 Å². The molecule has 0 N–H and O–H groups in total. The number of aryl methyl sites for hydroxylation is 1. The Morgan fingerprint density at radius 1 is 1.15 bits per heavy atom. The number of hydrogen-bond donors (Lipinski definition) is 0. The van der Waals surface area contributed by atoms with Crippen molar-refractivity contribution in [3.63, 3.8) is 0 Å². The Bertz CT molecular complexity index is 1020. The molecular formula is C19H14N2O4S. The van der Waals surface area contributed by atoms with Crippen LogP contribution in [-0.4, -0.2) is 16.2 Å². The highest BCUT2D eigenvalue weighted by Crippen LogP contribution is 2.29. The lowest BCUT2D eigenvalue weighted by Crippen LogP contribution is -2.04. The van der Waals surface area contributed by atoms with Crippen LogP contribution >= 0.6 is 11.3 Å². The number of benzene rings is 1. The molecule has 3 heterocycles. The summed E-state index contributed by atoms with van der Waals surface area (Å²) in [5, 5.41) is 9.61. The predicted molar refractivity (Wildman–Crippen MR) is 95.6 cm³/mol. The molecule has 4 aromatic rings. The first-order chi connectivity index (χ1) is 12.7. The van der Waals surface area contributed by atoms with Crippen LogP contribution in [0.3, 0.4) is 0 Å². The maximum absolute atomic E-state index is 12.5. The van der Waals surface area contributed by atoms with Gasteiger partial charge in [0.25, 0.3) is 11.8 Å². The minimum Gasteiger partial charge on any atom is -0.459 e. The number of rotatable bonds is 5. The number of thiophene rings is 1. The van der Waals surface area contributed by atoms with E-state index in [1.807, 2.05) is 42.6 Å². The molecule has 3 aromatic heterocycles. The average molecular weight is 366 g/mol. The SMILES string of the molecule is Cc1ccc(-c2ccsc2C(=O)OCc2nnc(-c3ccco3)o2)cc1. The summed E-state index contributed by atoms with van der Waals surface area (Å²) < 4.78 is 16.0.